The van der Waals surface area contributed by atoms with Crippen LogP contribution in [0.5, 0.6) is 0 Å². The molecule has 1 aliphatic heterocycles. The molecule has 0 aliphatic carbocycles. The average molecular weight is 264 g/mol. The number of thioether (sulfide) groups is 1. The highest BCUT2D eigenvalue weighted by atomic mass is 32.2. The van der Waals surface area contributed by atoms with E-state index in [9.17, 15) is 14.4 Å². The third-order valence-electron chi connectivity index (χ3n) is 2.67. The molecule has 0 bridgehead atoms. The first-order chi connectivity index (χ1) is 8.61. The molecule has 1 atom stereocenters. The summed E-state index contributed by atoms with van der Waals surface area (Å²) in [6, 6.07) is 1.57. The molecule has 0 radical (unpaired) electrons. The largest absolute Gasteiger partial charge is 0.309 e. The zero-order valence-corrected chi connectivity index (χ0v) is 10.6. The molecule has 2 heterocycles. The first kappa shape index (κ1) is 12.8. The lowest BCUT2D eigenvalue weighted by atomic mass is 10.2. The lowest BCUT2D eigenvalue weighted by molar-refractivity contribution is -0.117. The molecule has 2 rings (SSSR count). The van der Waals surface area contributed by atoms with E-state index < -0.39 is 0 Å². The van der Waals surface area contributed by atoms with Gasteiger partial charge in [-0.15, -0.1) is 0 Å². The molecule has 6 heteroatoms. The van der Waals surface area contributed by atoms with E-state index >= 15 is 0 Å². The maximum Gasteiger partial charge on any atom is 0.228 e. The van der Waals surface area contributed by atoms with Crippen LogP contribution in [0, 0.1) is 0 Å². The molecule has 1 aromatic heterocycles. The first-order valence-corrected chi connectivity index (χ1v) is 6.36. The highest BCUT2D eigenvalue weighted by Gasteiger charge is 2.32. The van der Waals surface area contributed by atoms with Crippen molar-refractivity contribution in [2.24, 2.45) is 0 Å². The maximum atomic E-state index is 11.9. The molecule has 1 aromatic rings. The van der Waals surface area contributed by atoms with Gasteiger partial charge in [0.1, 0.15) is 0 Å². The standard InChI is InChI=1S/C12H12N2O3S/c1-8(16)18-10-4-12(17)14(6-10)11-5-13-3-2-9(11)7-15/h2-3,5,7,10H,4,6H2,1H3. The molecule has 0 N–H and O–H groups in total. The molecule has 1 unspecified atom stereocenters. The number of anilines is 1. The number of carbonyl (C=O) groups is 3. The fourth-order valence-corrected chi connectivity index (χ4v) is 2.86. The average Bonchev–Trinajstić information content (AvgIpc) is 2.69. The van der Waals surface area contributed by atoms with E-state index in [0.717, 1.165) is 0 Å². The lowest BCUT2D eigenvalue weighted by Gasteiger charge is -2.17. The monoisotopic (exact) mass is 264 g/mol. The highest BCUT2D eigenvalue weighted by Crippen LogP contribution is 2.29. The fraction of sp³-hybridized carbons (Fsp3) is 0.333. The van der Waals surface area contributed by atoms with Gasteiger partial charge in [0.15, 0.2) is 11.4 Å². The number of aldehydes is 1. The van der Waals surface area contributed by atoms with Crippen molar-refractivity contribution in [3.05, 3.63) is 24.0 Å². The third-order valence-corrected chi connectivity index (χ3v) is 3.65. The van der Waals surface area contributed by atoms with Gasteiger partial charge in [-0.2, -0.15) is 0 Å². The van der Waals surface area contributed by atoms with Gasteiger partial charge in [-0.3, -0.25) is 19.4 Å². The van der Waals surface area contributed by atoms with Crippen molar-refractivity contribution in [1.82, 2.24) is 4.98 Å². The molecular weight excluding hydrogens is 252 g/mol. The Balaban J connectivity index is 2.21. The van der Waals surface area contributed by atoms with Gasteiger partial charge in [-0.1, -0.05) is 11.8 Å². The number of hydrogen-bond donors (Lipinski definition) is 0. The summed E-state index contributed by atoms with van der Waals surface area (Å²) in [6.45, 7) is 1.92. The number of hydrogen-bond acceptors (Lipinski definition) is 5. The summed E-state index contributed by atoms with van der Waals surface area (Å²) in [5.41, 5.74) is 0.955. The Kier molecular flexibility index (Phi) is 3.76. The van der Waals surface area contributed by atoms with Gasteiger partial charge in [0, 0.05) is 36.9 Å². The molecule has 1 amide bonds. The fourth-order valence-electron chi connectivity index (χ4n) is 1.94. The molecular formula is C12H12N2O3S. The Morgan fingerprint density at radius 2 is 2.39 bits per heavy atom. The maximum absolute atomic E-state index is 11.9. The van der Waals surface area contributed by atoms with Crippen LogP contribution >= 0.6 is 11.8 Å². The van der Waals surface area contributed by atoms with Crippen molar-refractivity contribution in [2.45, 2.75) is 18.6 Å². The second kappa shape index (κ2) is 5.30. The van der Waals surface area contributed by atoms with Gasteiger partial charge >= 0.3 is 0 Å². The van der Waals surface area contributed by atoms with Crippen molar-refractivity contribution in [2.75, 3.05) is 11.4 Å². The minimum Gasteiger partial charge on any atom is -0.309 e. The SMILES string of the molecule is CC(=O)SC1CC(=O)N(c2cnccc2C=O)C1. The van der Waals surface area contributed by atoms with Gasteiger partial charge in [0.2, 0.25) is 5.91 Å². The van der Waals surface area contributed by atoms with E-state index in [1.165, 1.54) is 36.0 Å². The van der Waals surface area contributed by atoms with Crippen molar-refractivity contribution in [1.29, 1.82) is 0 Å². The molecule has 1 fully saturated rings. The van der Waals surface area contributed by atoms with Crippen LogP contribution in [-0.4, -0.2) is 34.1 Å². The predicted molar refractivity (Wildman–Crippen MR) is 68.7 cm³/mol. The molecule has 18 heavy (non-hydrogen) atoms. The normalized spacial score (nSPS) is 19.1. The van der Waals surface area contributed by atoms with Crippen molar-refractivity contribution < 1.29 is 14.4 Å². The Labute approximate surface area is 109 Å². The number of pyridine rings is 1. The lowest BCUT2D eigenvalue weighted by Crippen LogP contribution is -2.26. The van der Waals surface area contributed by atoms with Crippen molar-refractivity contribution >= 4 is 34.8 Å². The number of carbonyl (C=O) groups excluding carboxylic acids is 3. The van der Waals surface area contributed by atoms with Gasteiger partial charge in [-0.25, -0.2) is 0 Å². The predicted octanol–water partition coefficient (Wildman–Crippen LogP) is 1.28. The second-order valence-corrected chi connectivity index (χ2v) is 5.47. The quantitative estimate of drug-likeness (QED) is 0.769. The summed E-state index contributed by atoms with van der Waals surface area (Å²) in [5, 5.41) is -0.0499. The minimum atomic E-state index is -0.0788. The second-order valence-electron chi connectivity index (χ2n) is 3.99. The Morgan fingerprint density at radius 3 is 3.06 bits per heavy atom. The summed E-state index contributed by atoms with van der Waals surface area (Å²) >= 11 is 1.17. The van der Waals surface area contributed by atoms with Gasteiger partial charge in [0.25, 0.3) is 0 Å². The molecule has 5 nitrogen and oxygen atoms in total. The van der Waals surface area contributed by atoms with Crippen LogP contribution in [0.2, 0.25) is 0 Å². The Bertz CT molecular complexity index is 504. The van der Waals surface area contributed by atoms with Crippen LogP contribution < -0.4 is 4.90 Å². The highest BCUT2D eigenvalue weighted by molar-refractivity contribution is 8.14. The van der Waals surface area contributed by atoms with Crippen LogP contribution in [-0.2, 0) is 9.59 Å². The van der Waals surface area contributed by atoms with Gasteiger partial charge < -0.3 is 4.90 Å². The molecule has 94 valence electrons. The Morgan fingerprint density at radius 1 is 1.61 bits per heavy atom. The summed E-state index contributed by atoms with van der Waals surface area (Å²) in [4.78, 5) is 39.3. The summed E-state index contributed by atoms with van der Waals surface area (Å²) in [5.74, 6) is -0.0788. The van der Waals surface area contributed by atoms with Crippen molar-refractivity contribution in [3.63, 3.8) is 0 Å². The summed E-state index contributed by atoms with van der Waals surface area (Å²) in [6.07, 6.45) is 4.03. The van der Waals surface area contributed by atoms with Crippen LogP contribution in [0.3, 0.4) is 0 Å². The number of aromatic nitrogens is 1. The minimum absolute atomic E-state index is 0.00329. The van der Waals surface area contributed by atoms with E-state index in [-0.39, 0.29) is 16.3 Å². The first-order valence-electron chi connectivity index (χ1n) is 5.48. The van der Waals surface area contributed by atoms with Crippen molar-refractivity contribution in [3.8, 4) is 0 Å². The zero-order valence-electron chi connectivity index (χ0n) is 9.83. The van der Waals surface area contributed by atoms with E-state index in [1.807, 2.05) is 0 Å². The van der Waals surface area contributed by atoms with E-state index in [2.05, 4.69) is 4.98 Å². The third kappa shape index (κ3) is 2.59. The molecule has 1 saturated heterocycles. The molecule has 1 aliphatic rings. The molecule has 0 spiro atoms. The van der Waals surface area contributed by atoms with Crippen LogP contribution in [0.4, 0.5) is 5.69 Å². The summed E-state index contributed by atoms with van der Waals surface area (Å²) < 4.78 is 0. The van der Waals surface area contributed by atoms with Gasteiger partial charge in [-0.05, 0) is 6.07 Å². The van der Waals surface area contributed by atoms with E-state index in [0.29, 0.717) is 30.5 Å². The number of nitrogens with zero attached hydrogens (tertiary/aromatic N) is 2. The topological polar surface area (TPSA) is 67.3 Å². The number of amides is 1. The molecule has 0 saturated carbocycles. The van der Waals surface area contributed by atoms with E-state index in [4.69, 9.17) is 0 Å². The summed E-state index contributed by atoms with van der Waals surface area (Å²) in [7, 11) is 0. The Hall–Kier alpha value is -1.69. The van der Waals surface area contributed by atoms with E-state index in [1.54, 1.807) is 6.07 Å². The van der Waals surface area contributed by atoms with Crippen LogP contribution in [0.15, 0.2) is 18.5 Å². The van der Waals surface area contributed by atoms with Crippen LogP contribution in [0.25, 0.3) is 0 Å². The molecule has 0 aromatic carbocycles. The smallest absolute Gasteiger partial charge is 0.228 e. The van der Waals surface area contributed by atoms with Gasteiger partial charge in [0.05, 0.1) is 11.9 Å². The van der Waals surface area contributed by atoms with Crippen LogP contribution in [0.1, 0.15) is 23.7 Å². The zero-order chi connectivity index (χ0) is 13.1. The number of rotatable bonds is 3.